The van der Waals surface area contributed by atoms with E-state index in [1.807, 2.05) is 42.5 Å². The van der Waals surface area contributed by atoms with Gasteiger partial charge in [0, 0.05) is 5.75 Å². The molecular weight excluding hydrogens is 464 g/mol. The molecule has 1 heterocycles. The summed E-state index contributed by atoms with van der Waals surface area (Å²) in [6.45, 7) is 5.90. The first-order valence-corrected chi connectivity index (χ1v) is 13.6. The number of carbonyl (C=O) groups is 1. The number of sulfonamides is 1. The first-order valence-electron chi connectivity index (χ1n) is 9.91. The molecular formula is C22H26N4O3S3. The molecule has 1 N–H and O–H groups in total. The number of benzene rings is 2. The molecule has 7 nitrogen and oxygen atoms in total. The summed E-state index contributed by atoms with van der Waals surface area (Å²) in [5.74, 6) is 0.265. The number of nitrogens with one attached hydrogen (secondary N) is 1. The highest BCUT2D eigenvalue weighted by molar-refractivity contribution is 8.00. The van der Waals surface area contributed by atoms with E-state index in [1.54, 1.807) is 12.1 Å². The minimum atomic E-state index is -3.65. The SMILES string of the molecule is CC(C)(C)c1ccc(N(CC(=O)Nc2nnc(SCc3ccccc3)s2)S(C)(=O)=O)cc1. The molecule has 2 aromatic carbocycles. The van der Waals surface area contributed by atoms with Gasteiger partial charge in [0.05, 0.1) is 11.9 Å². The number of hydrogen-bond donors (Lipinski definition) is 1. The highest BCUT2D eigenvalue weighted by Crippen LogP contribution is 2.29. The molecule has 1 amide bonds. The summed E-state index contributed by atoms with van der Waals surface area (Å²) in [6.07, 6.45) is 1.08. The summed E-state index contributed by atoms with van der Waals surface area (Å²) < 4.78 is 26.5. The van der Waals surface area contributed by atoms with Crippen molar-refractivity contribution in [3.05, 3.63) is 65.7 Å². The van der Waals surface area contributed by atoms with E-state index in [0.29, 0.717) is 10.8 Å². The standard InChI is InChI=1S/C22H26N4O3S3/c1-22(2,3)17-10-12-18(13-11-17)26(32(4,28)29)14-19(27)23-20-24-25-21(31-20)30-15-16-8-6-5-7-9-16/h5-13H,14-15H2,1-4H3,(H,23,24,27). The van der Waals surface area contributed by atoms with Crippen LogP contribution >= 0.6 is 23.1 Å². The zero-order valence-electron chi connectivity index (χ0n) is 18.4. The summed E-state index contributed by atoms with van der Waals surface area (Å²) in [6, 6.07) is 17.2. The Labute approximate surface area is 197 Å². The van der Waals surface area contributed by atoms with Crippen LogP contribution in [0.2, 0.25) is 0 Å². The second kappa shape index (κ2) is 10.0. The van der Waals surface area contributed by atoms with E-state index >= 15 is 0 Å². The van der Waals surface area contributed by atoms with E-state index in [2.05, 4.69) is 36.3 Å². The molecule has 1 aromatic heterocycles. The lowest BCUT2D eigenvalue weighted by Gasteiger charge is -2.24. The summed E-state index contributed by atoms with van der Waals surface area (Å²) in [5, 5.41) is 11.1. The molecule has 0 fully saturated rings. The first kappa shape index (κ1) is 24.2. The number of nitrogens with zero attached hydrogens (tertiary/aromatic N) is 3. The van der Waals surface area contributed by atoms with Gasteiger partial charge in [-0.15, -0.1) is 10.2 Å². The molecule has 3 aromatic rings. The topological polar surface area (TPSA) is 92.3 Å². The number of amides is 1. The Hall–Kier alpha value is -2.43. The maximum atomic E-state index is 12.6. The van der Waals surface area contributed by atoms with Crippen LogP contribution in [-0.2, 0) is 26.0 Å². The molecule has 0 aliphatic heterocycles. The summed E-state index contributed by atoms with van der Waals surface area (Å²) in [4.78, 5) is 12.6. The van der Waals surface area contributed by atoms with E-state index in [0.717, 1.165) is 26.2 Å². The fourth-order valence-corrected chi connectivity index (χ4v) is 5.44. The van der Waals surface area contributed by atoms with Gasteiger partial charge in [-0.1, -0.05) is 86.3 Å². The third-order valence-corrected chi connectivity index (χ3v) is 7.75. The third kappa shape index (κ3) is 6.78. The quantitative estimate of drug-likeness (QED) is 0.368. The molecule has 0 bridgehead atoms. The van der Waals surface area contributed by atoms with Crippen molar-refractivity contribution in [1.82, 2.24) is 10.2 Å². The molecule has 0 unspecified atom stereocenters. The molecule has 0 spiro atoms. The predicted octanol–water partition coefficient (Wildman–Crippen LogP) is 4.53. The second-order valence-corrected chi connectivity index (χ2v) is 12.4. The average molecular weight is 491 g/mol. The third-order valence-electron chi connectivity index (χ3n) is 4.57. The molecule has 0 aliphatic rings. The maximum Gasteiger partial charge on any atom is 0.246 e. The Morgan fingerprint density at radius 1 is 1.06 bits per heavy atom. The van der Waals surface area contributed by atoms with Crippen molar-refractivity contribution in [1.29, 1.82) is 0 Å². The van der Waals surface area contributed by atoms with Crippen LogP contribution in [0.15, 0.2) is 58.9 Å². The lowest BCUT2D eigenvalue weighted by atomic mass is 9.87. The van der Waals surface area contributed by atoms with Gasteiger partial charge in [0.15, 0.2) is 4.34 Å². The van der Waals surface area contributed by atoms with Gasteiger partial charge in [-0.2, -0.15) is 0 Å². The van der Waals surface area contributed by atoms with Crippen LogP contribution in [0.25, 0.3) is 0 Å². The number of hydrogen-bond acceptors (Lipinski definition) is 7. The molecule has 170 valence electrons. The molecule has 3 rings (SSSR count). The van der Waals surface area contributed by atoms with Crippen LogP contribution in [0.3, 0.4) is 0 Å². The monoisotopic (exact) mass is 490 g/mol. The van der Waals surface area contributed by atoms with Crippen molar-refractivity contribution in [3.8, 4) is 0 Å². The van der Waals surface area contributed by atoms with Gasteiger partial charge in [-0.3, -0.25) is 14.4 Å². The van der Waals surface area contributed by atoms with Gasteiger partial charge in [-0.05, 0) is 28.7 Å². The van der Waals surface area contributed by atoms with Gasteiger partial charge in [-0.25, -0.2) is 8.42 Å². The molecule has 32 heavy (non-hydrogen) atoms. The van der Waals surface area contributed by atoms with E-state index < -0.39 is 15.9 Å². The molecule has 0 radical (unpaired) electrons. The second-order valence-electron chi connectivity index (χ2n) is 8.26. The lowest BCUT2D eigenvalue weighted by Crippen LogP contribution is -2.37. The number of anilines is 2. The Balaban J connectivity index is 1.64. The minimum absolute atomic E-state index is 0.0557. The number of rotatable bonds is 8. The Kier molecular flexibility index (Phi) is 7.58. The van der Waals surface area contributed by atoms with Crippen molar-refractivity contribution in [2.45, 2.75) is 36.3 Å². The number of aromatic nitrogens is 2. The smallest absolute Gasteiger partial charge is 0.246 e. The highest BCUT2D eigenvalue weighted by Gasteiger charge is 2.22. The van der Waals surface area contributed by atoms with E-state index in [4.69, 9.17) is 0 Å². The molecule has 10 heteroatoms. The zero-order chi connectivity index (χ0) is 23.4. The van der Waals surface area contributed by atoms with Crippen molar-refractivity contribution in [3.63, 3.8) is 0 Å². The van der Waals surface area contributed by atoms with Gasteiger partial charge in [0.1, 0.15) is 6.54 Å². The van der Waals surface area contributed by atoms with Gasteiger partial charge >= 0.3 is 0 Å². The van der Waals surface area contributed by atoms with Crippen molar-refractivity contribution in [2.24, 2.45) is 0 Å². The molecule has 0 aliphatic carbocycles. The van der Waals surface area contributed by atoms with Crippen molar-refractivity contribution < 1.29 is 13.2 Å². The fraction of sp³-hybridized carbons (Fsp3) is 0.318. The summed E-state index contributed by atoms with van der Waals surface area (Å²) in [5.41, 5.74) is 2.63. The van der Waals surface area contributed by atoms with Crippen LogP contribution < -0.4 is 9.62 Å². The van der Waals surface area contributed by atoms with Crippen LogP contribution in [0.4, 0.5) is 10.8 Å². The van der Waals surface area contributed by atoms with Gasteiger partial charge in [0.2, 0.25) is 21.1 Å². The minimum Gasteiger partial charge on any atom is -0.299 e. The lowest BCUT2D eigenvalue weighted by molar-refractivity contribution is -0.114. The van der Waals surface area contributed by atoms with Crippen LogP contribution in [0.1, 0.15) is 31.9 Å². The Morgan fingerprint density at radius 2 is 1.72 bits per heavy atom. The normalized spacial score (nSPS) is 11.9. The fourth-order valence-electron chi connectivity index (χ4n) is 2.85. The maximum absolute atomic E-state index is 12.6. The number of carbonyl (C=O) groups excluding carboxylic acids is 1. The Morgan fingerprint density at radius 3 is 2.31 bits per heavy atom. The van der Waals surface area contributed by atoms with Gasteiger partial charge in [0.25, 0.3) is 0 Å². The van der Waals surface area contributed by atoms with Crippen molar-refractivity contribution >= 4 is 49.8 Å². The molecule has 0 saturated carbocycles. The predicted molar refractivity (Wildman–Crippen MR) is 132 cm³/mol. The average Bonchev–Trinajstić information content (AvgIpc) is 3.17. The van der Waals surface area contributed by atoms with E-state index in [-0.39, 0.29) is 12.0 Å². The van der Waals surface area contributed by atoms with Crippen LogP contribution in [-0.4, -0.2) is 37.3 Å². The largest absolute Gasteiger partial charge is 0.299 e. The molecule has 0 atom stereocenters. The van der Waals surface area contributed by atoms with E-state index in [1.165, 1.54) is 28.7 Å². The van der Waals surface area contributed by atoms with Crippen molar-refractivity contribution in [2.75, 3.05) is 22.4 Å². The van der Waals surface area contributed by atoms with Crippen LogP contribution in [0.5, 0.6) is 0 Å². The van der Waals surface area contributed by atoms with E-state index in [9.17, 15) is 13.2 Å². The summed E-state index contributed by atoms with van der Waals surface area (Å²) in [7, 11) is -3.65. The highest BCUT2D eigenvalue weighted by atomic mass is 32.2. The number of thioether (sulfide) groups is 1. The first-order chi connectivity index (χ1) is 15.0. The zero-order valence-corrected chi connectivity index (χ0v) is 20.9. The molecule has 0 saturated heterocycles. The van der Waals surface area contributed by atoms with Gasteiger partial charge < -0.3 is 0 Å². The Bertz CT molecular complexity index is 1160. The van der Waals surface area contributed by atoms with Crippen LogP contribution in [0, 0.1) is 0 Å². The summed E-state index contributed by atoms with van der Waals surface area (Å²) >= 11 is 2.78.